The number of nitrogens with two attached hydrogens (primary N) is 1. The predicted octanol–water partition coefficient (Wildman–Crippen LogP) is 2.13. The SMILES string of the molecule is Cl.Cl.NS(=O)(=O)Nc1ccc(Nc2ccnc3[nH]c(=O)ccc23)cc1. The number of anilines is 3. The fourth-order valence-electron chi connectivity index (χ4n) is 2.11. The number of nitrogens with zero attached hydrogens (tertiary/aromatic N) is 1. The van der Waals surface area contributed by atoms with Crippen molar-refractivity contribution in [3.63, 3.8) is 0 Å². The Hall–Kier alpha value is -2.33. The number of rotatable bonds is 4. The van der Waals surface area contributed by atoms with Crippen LogP contribution in [0, 0.1) is 0 Å². The minimum Gasteiger partial charge on any atom is -0.355 e. The molecule has 0 fully saturated rings. The fraction of sp³-hybridized carbons (Fsp3) is 0. The van der Waals surface area contributed by atoms with Crippen molar-refractivity contribution in [1.82, 2.24) is 9.97 Å². The number of hydrogen-bond acceptors (Lipinski definition) is 5. The molecular weight excluding hydrogens is 389 g/mol. The van der Waals surface area contributed by atoms with Crippen LogP contribution in [0.3, 0.4) is 0 Å². The lowest BCUT2D eigenvalue weighted by atomic mass is 10.2. The van der Waals surface area contributed by atoms with Gasteiger partial charge in [0.1, 0.15) is 5.65 Å². The summed E-state index contributed by atoms with van der Waals surface area (Å²) in [6.45, 7) is 0. The van der Waals surface area contributed by atoms with Crippen LogP contribution in [0.1, 0.15) is 0 Å². The molecule has 3 aromatic rings. The van der Waals surface area contributed by atoms with Gasteiger partial charge in [-0.3, -0.25) is 9.52 Å². The van der Waals surface area contributed by atoms with E-state index in [1.54, 1.807) is 42.6 Å². The molecule has 0 radical (unpaired) electrons. The lowest BCUT2D eigenvalue weighted by Gasteiger charge is -2.10. The molecule has 3 rings (SSSR count). The number of pyridine rings is 2. The maximum atomic E-state index is 11.3. The van der Waals surface area contributed by atoms with Crippen molar-refractivity contribution in [3.05, 3.63) is 59.0 Å². The Morgan fingerprint density at radius 3 is 2.24 bits per heavy atom. The maximum Gasteiger partial charge on any atom is 0.296 e. The molecule has 134 valence electrons. The van der Waals surface area contributed by atoms with Crippen LogP contribution in [0.25, 0.3) is 11.0 Å². The van der Waals surface area contributed by atoms with E-state index in [4.69, 9.17) is 5.14 Å². The highest BCUT2D eigenvalue weighted by Gasteiger charge is 2.05. The van der Waals surface area contributed by atoms with Crippen LogP contribution in [0.2, 0.25) is 0 Å². The van der Waals surface area contributed by atoms with Crippen molar-refractivity contribution in [3.8, 4) is 0 Å². The highest BCUT2D eigenvalue weighted by molar-refractivity contribution is 7.90. The van der Waals surface area contributed by atoms with Gasteiger partial charge in [0, 0.05) is 29.0 Å². The quantitative estimate of drug-likeness (QED) is 0.529. The minimum atomic E-state index is -3.79. The van der Waals surface area contributed by atoms with Crippen LogP contribution in [0.5, 0.6) is 0 Å². The second kappa shape index (κ2) is 8.17. The van der Waals surface area contributed by atoms with Crippen LogP contribution >= 0.6 is 24.8 Å². The van der Waals surface area contributed by atoms with E-state index in [0.29, 0.717) is 11.3 Å². The monoisotopic (exact) mass is 403 g/mol. The summed E-state index contributed by atoms with van der Waals surface area (Å²) in [5.41, 5.74) is 2.12. The van der Waals surface area contributed by atoms with Gasteiger partial charge in [-0.05, 0) is 36.4 Å². The summed E-state index contributed by atoms with van der Waals surface area (Å²) < 4.78 is 24.1. The van der Waals surface area contributed by atoms with Gasteiger partial charge in [-0.25, -0.2) is 10.1 Å². The summed E-state index contributed by atoms with van der Waals surface area (Å²) in [7, 11) is -3.79. The molecule has 0 aliphatic heterocycles. The second-order valence-corrected chi connectivity index (χ2v) is 6.09. The highest BCUT2D eigenvalue weighted by atomic mass is 35.5. The summed E-state index contributed by atoms with van der Waals surface area (Å²) in [6, 6.07) is 11.4. The zero-order valence-corrected chi connectivity index (χ0v) is 15.0. The van der Waals surface area contributed by atoms with Crippen LogP contribution in [-0.2, 0) is 10.2 Å². The van der Waals surface area contributed by atoms with Gasteiger partial charge < -0.3 is 10.3 Å². The largest absolute Gasteiger partial charge is 0.355 e. The van der Waals surface area contributed by atoms with E-state index in [2.05, 4.69) is 20.0 Å². The van der Waals surface area contributed by atoms with E-state index in [0.717, 1.165) is 16.8 Å². The molecule has 0 spiro atoms. The second-order valence-electron chi connectivity index (χ2n) is 4.79. The summed E-state index contributed by atoms with van der Waals surface area (Å²) in [5, 5.41) is 8.86. The summed E-state index contributed by atoms with van der Waals surface area (Å²) in [6.07, 6.45) is 1.58. The van der Waals surface area contributed by atoms with E-state index >= 15 is 0 Å². The third-order valence-corrected chi connectivity index (χ3v) is 3.58. The number of aromatic amines is 1. The summed E-state index contributed by atoms with van der Waals surface area (Å²) in [5.74, 6) is 0. The topological polar surface area (TPSA) is 130 Å². The lowest BCUT2D eigenvalue weighted by molar-refractivity contribution is 0.603. The molecule has 0 bridgehead atoms. The predicted molar refractivity (Wildman–Crippen MR) is 103 cm³/mol. The molecule has 0 saturated heterocycles. The molecule has 11 heteroatoms. The molecule has 8 nitrogen and oxygen atoms in total. The number of H-pyrrole nitrogens is 1. The molecule has 2 heterocycles. The number of nitrogens with one attached hydrogen (secondary N) is 3. The molecule has 0 amide bonds. The molecule has 0 aliphatic carbocycles. The van der Waals surface area contributed by atoms with Gasteiger partial charge in [-0.15, -0.1) is 24.8 Å². The van der Waals surface area contributed by atoms with Gasteiger partial charge in [0.15, 0.2) is 0 Å². The Balaban J connectivity index is 0.00000156. The van der Waals surface area contributed by atoms with Crippen LogP contribution < -0.4 is 20.7 Å². The van der Waals surface area contributed by atoms with E-state index in [9.17, 15) is 13.2 Å². The van der Waals surface area contributed by atoms with E-state index in [1.807, 2.05) is 0 Å². The van der Waals surface area contributed by atoms with Crippen molar-refractivity contribution in [2.45, 2.75) is 0 Å². The van der Waals surface area contributed by atoms with E-state index in [1.165, 1.54) is 6.07 Å². The van der Waals surface area contributed by atoms with Crippen LogP contribution in [0.4, 0.5) is 17.1 Å². The minimum absolute atomic E-state index is 0. The Labute approximate surface area is 155 Å². The van der Waals surface area contributed by atoms with Gasteiger partial charge in [-0.1, -0.05) is 0 Å². The zero-order chi connectivity index (χ0) is 16.4. The van der Waals surface area contributed by atoms with Gasteiger partial charge >= 0.3 is 0 Å². The molecule has 1 aromatic carbocycles. The molecular formula is C14H15Cl2N5O3S. The standard InChI is InChI=1S/C14H13N5O3S.2ClH/c15-23(21,22)19-10-3-1-9(2-4-10)17-12-7-8-16-14-11(12)5-6-13(20)18-14;;/h1-8,19H,(H2,15,21,22)(H2,16,17,18,20);2*1H. The number of hydrogen-bond donors (Lipinski definition) is 4. The van der Waals surface area contributed by atoms with Gasteiger partial charge in [0.25, 0.3) is 10.2 Å². The number of benzene rings is 1. The summed E-state index contributed by atoms with van der Waals surface area (Å²) >= 11 is 0. The first-order chi connectivity index (χ1) is 10.9. The van der Waals surface area contributed by atoms with E-state index < -0.39 is 10.2 Å². The molecule has 0 unspecified atom stereocenters. The molecule has 2 aromatic heterocycles. The highest BCUT2D eigenvalue weighted by Crippen LogP contribution is 2.24. The maximum absolute atomic E-state index is 11.3. The molecule has 0 saturated carbocycles. The van der Waals surface area contributed by atoms with Crippen molar-refractivity contribution < 1.29 is 8.42 Å². The van der Waals surface area contributed by atoms with Crippen LogP contribution in [0.15, 0.2) is 53.5 Å². The zero-order valence-electron chi connectivity index (χ0n) is 12.6. The third-order valence-electron chi connectivity index (χ3n) is 3.06. The first-order valence-corrected chi connectivity index (χ1v) is 8.11. The Morgan fingerprint density at radius 1 is 0.960 bits per heavy atom. The number of aromatic nitrogens is 2. The van der Waals surface area contributed by atoms with Crippen LogP contribution in [-0.4, -0.2) is 18.4 Å². The molecule has 5 N–H and O–H groups in total. The Bertz CT molecular complexity index is 1020. The average molecular weight is 404 g/mol. The lowest BCUT2D eigenvalue weighted by Crippen LogP contribution is -2.21. The van der Waals surface area contributed by atoms with Gasteiger partial charge in [0.2, 0.25) is 5.56 Å². The van der Waals surface area contributed by atoms with Crippen molar-refractivity contribution >= 4 is 63.1 Å². The summed E-state index contributed by atoms with van der Waals surface area (Å²) in [4.78, 5) is 18.1. The Morgan fingerprint density at radius 2 is 1.60 bits per heavy atom. The normalized spacial score (nSPS) is 10.4. The smallest absolute Gasteiger partial charge is 0.296 e. The molecule has 0 aliphatic rings. The number of halogens is 2. The third kappa shape index (κ3) is 5.33. The van der Waals surface area contributed by atoms with Crippen molar-refractivity contribution in [1.29, 1.82) is 0 Å². The first-order valence-electron chi connectivity index (χ1n) is 6.56. The van der Waals surface area contributed by atoms with Gasteiger partial charge in [0.05, 0.1) is 5.69 Å². The molecule has 25 heavy (non-hydrogen) atoms. The molecule has 0 atom stereocenters. The number of fused-ring (bicyclic) bond motifs is 1. The average Bonchev–Trinajstić information content (AvgIpc) is 2.48. The van der Waals surface area contributed by atoms with Gasteiger partial charge in [-0.2, -0.15) is 8.42 Å². The fourth-order valence-corrected chi connectivity index (χ4v) is 2.57. The first kappa shape index (κ1) is 20.7. The van der Waals surface area contributed by atoms with Crippen molar-refractivity contribution in [2.24, 2.45) is 5.14 Å². The Kier molecular flexibility index (Phi) is 6.77. The van der Waals surface area contributed by atoms with E-state index in [-0.39, 0.29) is 30.4 Å². The van der Waals surface area contributed by atoms with Crippen molar-refractivity contribution in [2.75, 3.05) is 10.0 Å².